The van der Waals surface area contributed by atoms with E-state index in [4.69, 9.17) is 21.3 Å². The summed E-state index contributed by atoms with van der Waals surface area (Å²) >= 11 is 5.97. The Balaban J connectivity index is 1.67. The third-order valence-corrected chi connectivity index (χ3v) is 6.52. The fourth-order valence-electron chi connectivity index (χ4n) is 4.32. The van der Waals surface area contributed by atoms with Crippen LogP contribution >= 0.6 is 11.6 Å². The maximum absolute atomic E-state index is 14.9. The fraction of sp³-hybridized carbons (Fsp3) is 0.333. The average Bonchev–Trinajstić information content (AvgIpc) is 3.24. The molecule has 170 valence electrons. The number of aryl methyl sites for hydroxylation is 2. The predicted octanol–water partition coefficient (Wildman–Crippen LogP) is 4.53. The van der Waals surface area contributed by atoms with Gasteiger partial charge in [-0.2, -0.15) is 5.10 Å². The zero-order valence-corrected chi connectivity index (χ0v) is 19.3. The van der Waals surface area contributed by atoms with Crippen LogP contribution in [0.2, 0.25) is 5.02 Å². The number of hydrogen-bond acceptors (Lipinski definition) is 5. The van der Waals surface area contributed by atoms with E-state index in [1.807, 2.05) is 13.2 Å². The second kappa shape index (κ2) is 8.35. The van der Waals surface area contributed by atoms with Gasteiger partial charge in [-0.15, -0.1) is 0 Å². The molecule has 0 amide bonds. The van der Waals surface area contributed by atoms with E-state index < -0.39 is 5.82 Å². The first-order valence-corrected chi connectivity index (χ1v) is 11.2. The largest absolute Gasteiger partial charge is 0.373 e. The number of aromatic nitrogens is 5. The Bertz CT molecular complexity index is 1430. The lowest BCUT2D eigenvalue weighted by molar-refractivity contribution is 0.00455. The summed E-state index contributed by atoms with van der Waals surface area (Å²) in [5, 5.41) is 4.53. The van der Waals surface area contributed by atoms with Crippen molar-refractivity contribution in [2.24, 2.45) is 7.05 Å². The van der Waals surface area contributed by atoms with E-state index in [0.29, 0.717) is 41.3 Å². The molecule has 2 atom stereocenters. The maximum Gasteiger partial charge on any atom is 0.261 e. The van der Waals surface area contributed by atoms with Crippen molar-refractivity contribution in [2.75, 3.05) is 6.61 Å². The molecule has 1 saturated heterocycles. The third-order valence-electron chi connectivity index (χ3n) is 6.28. The zero-order chi connectivity index (χ0) is 23.3. The molecule has 3 aromatic heterocycles. The van der Waals surface area contributed by atoms with Crippen LogP contribution < -0.4 is 5.56 Å². The average molecular weight is 468 g/mol. The first-order chi connectivity index (χ1) is 15.8. The summed E-state index contributed by atoms with van der Waals surface area (Å²) in [5.74, 6) is -0.488. The second-order valence-corrected chi connectivity index (χ2v) is 8.92. The number of hydrogen-bond donors (Lipinski definition) is 0. The van der Waals surface area contributed by atoms with Crippen LogP contribution in [0.25, 0.3) is 16.9 Å². The van der Waals surface area contributed by atoms with E-state index in [2.05, 4.69) is 10.1 Å². The molecule has 0 radical (unpaired) electrons. The highest BCUT2D eigenvalue weighted by Crippen LogP contribution is 2.38. The molecule has 1 aliphatic rings. The SMILES string of the molecule is Cc1nc2c(-c3ccc(Cl)cc3F)nc(C3CCOC(c4cnn(C)c4)C3)cn2c(=O)c1C. The highest BCUT2D eigenvalue weighted by atomic mass is 35.5. The molecule has 0 N–H and O–H groups in total. The van der Waals surface area contributed by atoms with Crippen molar-refractivity contribution in [1.29, 1.82) is 0 Å². The molecular formula is C24H23ClFN5O2. The molecule has 0 aliphatic carbocycles. The molecule has 7 nitrogen and oxygen atoms in total. The van der Waals surface area contributed by atoms with Crippen molar-refractivity contribution >= 4 is 17.2 Å². The predicted molar refractivity (Wildman–Crippen MR) is 123 cm³/mol. The van der Waals surface area contributed by atoms with Crippen molar-refractivity contribution in [3.8, 4) is 11.3 Å². The summed E-state index contributed by atoms with van der Waals surface area (Å²) in [6, 6.07) is 4.43. The Labute approximate surface area is 194 Å². The Kier molecular flexibility index (Phi) is 5.50. The highest BCUT2D eigenvalue weighted by molar-refractivity contribution is 6.30. The van der Waals surface area contributed by atoms with Crippen molar-refractivity contribution in [1.82, 2.24) is 24.1 Å². The number of benzene rings is 1. The van der Waals surface area contributed by atoms with Gasteiger partial charge in [0.1, 0.15) is 11.5 Å². The van der Waals surface area contributed by atoms with Crippen LogP contribution in [-0.2, 0) is 11.8 Å². The fourth-order valence-corrected chi connectivity index (χ4v) is 4.48. The van der Waals surface area contributed by atoms with Crippen molar-refractivity contribution in [2.45, 2.75) is 38.7 Å². The van der Waals surface area contributed by atoms with Gasteiger partial charge in [0.15, 0.2) is 5.65 Å². The summed E-state index contributed by atoms with van der Waals surface area (Å²) in [4.78, 5) is 22.6. The van der Waals surface area contributed by atoms with E-state index >= 15 is 0 Å². The quantitative estimate of drug-likeness (QED) is 0.442. The molecule has 33 heavy (non-hydrogen) atoms. The molecule has 2 unspecified atom stereocenters. The van der Waals surface area contributed by atoms with Crippen molar-refractivity contribution < 1.29 is 9.13 Å². The van der Waals surface area contributed by atoms with Gasteiger partial charge in [-0.3, -0.25) is 13.9 Å². The number of halogens is 2. The van der Waals surface area contributed by atoms with E-state index in [9.17, 15) is 9.18 Å². The topological polar surface area (TPSA) is 74.3 Å². The van der Waals surface area contributed by atoms with Gasteiger partial charge in [0, 0.05) is 59.4 Å². The van der Waals surface area contributed by atoms with Gasteiger partial charge in [-0.25, -0.2) is 14.4 Å². The minimum absolute atomic E-state index is 0.0241. The van der Waals surface area contributed by atoms with E-state index in [1.54, 1.807) is 43.1 Å². The van der Waals surface area contributed by atoms with Crippen LogP contribution in [0.5, 0.6) is 0 Å². The number of rotatable bonds is 3. The van der Waals surface area contributed by atoms with Gasteiger partial charge < -0.3 is 4.74 Å². The number of ether oxygens (including phenoxy) is 1. The molecule has 1 aliphatic heterocycles. The van der Waals surface area contributed by atoms with Crippen molar-refractivity contribution in [3.05, 3.63) is 80.5 Å². The van der Waals surface area contributed by atoms with E-state index in [1.165, 1.54) is 10.5 Å². The molecule has 0 spiro atoms. The molecule has 1 aromatic carbocycles. The molecule has 0 bridgehead atoms. The molecule has 5 rings (SSSR count). The highest BCUT2D eigenvalue weighted by Gasteiger charge is 2.28. The Morgan fingerprint density at radius 1 is 1.21 bits per heavy atom. The van der Waals surface area contributed by atoms with Crippen LogP contribution in [0.4, 0.5) is 4.39 Å². The summed E-state index contributed by atoms with van der Waals surface area (Å²) in [6.45, 7) is 4.06. The molecular weight excluding hydrogens is 445 g/mol. The van der Waals surface area contributed by atoms with Gasteiger partial charge >= 0.3 is 0 Å². The minimum Gasteiger partial charge on any atom is -0.373 e. The number of nitrogens with zero attached hydrogens (tertiary/aromatic N) is 5. The lowest BCUT2D eigenvalue weighted by Crippen LogP contribution is -2.24. The lowest BCUT2D eigenvalue weighted by atomic mass is 9.90. The third kappa shape index (κ3) is 3.94. The number of fused-ring (bicyclic) bond motifs is 1. The van der Waals surface area contributed by atoms with E-state index in [0.717, 1.165) is 12.0 Å². The first kappa shape index (κ1) is 21.7. The monoisotopic (exact) mass is 467 g/mol. The lowest BCUT2D eigenvalue weighted by Gasteiger charge is -2.29. The van der Waals surface area contributed by atoms with Crippen LogP contribution in [0.15, 0.2) is 41.6 Å². The Morgan fingerprint density at radius 2 is 2.03 bits per heavy atom. The Morgan fingerprint density at radius 3 is 2.76 bits per heavy atom. The summed E-state index contributed by atoms with van der Waals surface area (Å²) in [5.41, 5.74) is 3.56. The van der Waals surface area contributed by atoms with Gasteiger partial charge in [-0.1, -0.05) is 11.6 Å². The maximum atomic E-state index is 14.9. The summed E-state index contributed by atoms with van der Waals surface area (Å²) in [7, 11) is 1.87. The second-order valence-electron chi connectivity index (χ2n) is 8.49. The van der Waals surface area contributed by atoms with Gasteiger partial charge in [-0.05, 0) is 44.9 Å². The smallest absolute Gasteiger partial charge is 0.261 e. The molecule has 1 fully saturated rings. The normalized spacial score (nSPS) is 18.7. The molecule has 9 heteroatoms. The molecule has 0 saturated carbocycles. The minimum atomic E-state index is -0.512. The standard InChI is InChI=1S/C24H23ClFN5O2/c1-13-14(2)28-23-22(18-5-4-17(25)9-19(18)26)29-20(12-31(23)24(13)32)15-6-7-33-21(8-15)16-10-27-30(3)11-16/h4-5,9-12,15,21H,6-8H2,1-3H3. The Hall–Kier alpha value is -3.10. The van der Waals surface area contributed by atoms with Crippen LogP contribution in [-0.4, -0.2) is 30.8 Å². The van der Waals surface area contributed by atoms with Crippen LogP contribution in [0.3, 0.4) is 0 Å². The van der Waals surface area contributed by atoms with Crippen molar-refractivity contribution in [3.63, 3.8) is 0 Å². The summed E-state index contributed by atoms with van der Waals surface area (Å²) in [6.07, 6.45) is 6.78. The molecule has 4 aromatic rings. The van der Waals surface area contributed by atoms with Crippen LogP contribution in [0.1, 0.15) is 47.4 Å². The first-order valence-electron chi connectivity index (χ1n) is 10.8. The van der Waals surface area contributed by atoms with Crippen LogP contribution in [0, 0.1) is 19.7 Å². The van der Waals surface area contributed by atoms with Gasteiger partial charge in [0.25, 0.3) is 5.56 Å². The summed E-state index contributed by atoms with van der Waals surface area (Å²) < 4.78 is 24.2. The van der Waals surface area contributed by atoms with E-state index in [-0.39, 0.29) is 28.2 Å². The molecule has 4 heterocycles. The van der Waals surface area contributed by atoms with Gasteiger partial charge in [0.05, 0.1) is 18.0 Å². The van der Waals surface area contributed by atoms with Gasteiger partial charge in [0.2, 0.25) is 0 Å². The zero-order valence-electron chi connectivity index (χ0n) is 18.5.